The van der Waals surface area contributed by atoms with Crippen molar-refractivity contribution in [1.29, 1.82) is 0 Å². The van der Waals surface area contributed by atoms with E-state index in [-0.39, 0.29) is 17.6 Å². The number of esters is 1. The molecule has 0 fully saturated rings. The number of benzene rings is 3. The number of nitrogens with zero attached hydrogens (tertiary/aromatic N) is 2. The minimum atomic E-state index is -0.332. The standard InChI is InChI=1S/C30H26N2O3S2/c1-19(2)35-29(34)23-16-14-21(15-17-23)18-36-30-31-27-26(28(33)32(30)24-12-8-5-9-13-24)25(20(3)37-27)22-10-6-4-7-11-22/h4-17,19H,18H2,1-3H3. The van der Waals surface area contributed by atoms with E-state index in [0.717, 1.165) is 32.1 Å². The van der Waals surface area contributed by atoms with Crippen LogP contribution in [0, 0.1) is 6.92 Å². The molecule has 186 valence electrons. The van der Waals surface area contributed by atoms with Gasteiger partial charge in [0.1, 0.15) is 4.83 Å². The molecule has 0 saturated heterocycles. The summed E-state index contributed by atoms with van der Waals surface area (Å²) in [7, 11) is 0. The molecule has 0 aliphatic rings. The van der Waals surface area contributed by atoms with Crippen LogP contribution in [0.3, 0.4) is 0 Å². The highest BCUT2D eigenvalue weighted by Crippen LogP contribution is 2.37. The zero-order chi connectivity index (χ0) is 25.9. The lowest BCUT2D eigenvalue weighted by Crippen LogP contribution is -2.21. The third-order valence-corrected chi connectivity index (χ3v) is 7.86. The molecule has 0 unspecified atom stereocenters. The first-order chi connectivity index (χ1) is 17.9. The SMILES string of the molecule is Cc1sc2nc(SCc3ccc(C(=O)OC(C)C)cc3)n(-c3ccccc3)c(=O)c2c1-c1ccccc1. The zero-order valence-corrected chi connectivity index (χ0v) is 22.4. The topological polar surface area (TPSA) is 61.2 Å². The summed E-state index contributed by atoms with van der Waals surface area (Å²) in [6.07, 6.45) is -0.165. The van der Waals surface area contributed by atoms with Gasteiger partial charge in [-0.25, -0.2) is 9.78 Å². The lowest BCUT2D eigenvalue weighted by Gasteiger charge is -2.13. The monoisotopic (exact) mass is 526 g/mol. The van der Waals surface area contributed by atoms with Gasteiger partial charge in [-0.3, -0.25) is 9.36 Å². The predicted octanol–water partition coefficient (Wildman–Crippen LogP) is 7.28. The van der Waals surface area contributed by atoms with Crippen LogP contribution in [0.4, 0.5) is 0 Å². The number of aromatic nitrogens is 2. The molecule has 0 spiro atoms. The molecule has 37 heavy (non-hydrogen) atoms. The van der Waals surface area contributed by atoms with Crippen molar-refractivity contribution in [3.8, 4) is 16.8 Å². The van der Waals surface area contributed by atoms with E-state index in [1.165, 1.54) is 11.8 Å². The molecular weight excluding hydrogens is 500 g/mol. The number of aryl methyl sites for hydroxylation is 1. The van der Waals surface area contributed by atoms with E-state index >= 15 is 0 Å². The molecule has 5 aromatic rings. The quantitative estimate of drug-likeness (QED) is 0.127. The van der Waals surface area contributed by atoms with Crippen molar-refractivity contribution >= 4 is 39.3 Å². The van der Waals surface area contributed by atoms with E-state index in [2.05, 4.69) is 0 Å². The molecule has 2 heterocycles. The second kappa shape index (κ2) is 10.7. The van der Waals surface area contributed by atoms with E-state index in [1.807, 2.05) is 93.6 Å². The van der Waals surface area contributed by atoms with Gasteiger partial charge in [0.05, 0.1) is 22.7 Å². The molecule has 0 N–H and O–H groups in total. The molecular formula is C30H26N2O3S2. The van der Waals surface area contributed by atoms with Crippen LogP contribution in [0.25, 0.3) is 27.0 Å². The predicted molar refractivity (Wildman–Crippen MR) is 152 cm³/mol. The normalized spacial score (nSPS) is 11.2. The lowest BCUT2D eigenvalue weighted by atomic mass is 10.0. The minimum Gasteiger partial charge on any atom is -0.459 e. The molecule has 5 nitrogen and oxygen atoms in total. The van der Waals surface area contributed by atoms with Gasteiger partial charge in [-0.1, -0.05) is 72.4 Å². The summed E-state index contributed by atoms with van der Waals surface area (Å²) >= 11 is 3.05. The fourth-order valence-corrected chi connectivity index (χ4v) is 6.22. The van der Waals surface area contributed by atoms with E-state index in [4.69, 9.17) is 9.72 Å². The molecule has 0 saturated carbocycles. The van der Waals surface area contributed by atoms with E-state index in [1.54, 1.807) is 28.0 Å². The molecule has 3 aromatic carbocycles. The molecule has 2 aromatic heterocycles. The van der Waals surface area contributed by atoms with Crippen LogP contribution in [0.15, 0.2) is 94.9 Å². The Hall–Kier alpha value is -3.68. The zero-order valence-electron chi connectivity index (χ0n) is 20.8. The molecule has 0 aliphatic heterocycles. The Balaban J connectivity index is 1.54. The first kappa shape index (κ1) is 25.0. The van der Waals surface area contributed by atoms with Gasteiger partial charge in [-0.2, -0.15) is 0 Å². The Morgan fingerprint density at radius 2 is 1.62 bits per heavy atom. The van der Waals surface area contributed by atoms with Gasteiger partial charge in [-0.05, 0) is 56.2 Å². The van der Waals surface area contributed by atoms with Crippen molar-refractivity contribution in [2.45, 2.75) is 37.8 Å². The Bertz CT molecular complexity index is 1610. The number of thioether (sulfide) groups is 1. The number of carbonyl (C=O) groups excluding carboxylic acids is 1. The van der Waals surface area contributed by atoms with Crippen molar-refractivity contribution in [3.05, 3.63) is 111 Å². The first-order valence-electron chi connectivity index (χ1n) is 12.0. The van der Waals surface area contributed by atoms with Crippen LogP contribution >= 0.6 is 23.1 Å². The van der Waals surface area contributed by atoms with Gasteiger partial charge in [0.15, 0.2) is 5.16 Å². The lowest BCUT2D eigenvalue weighted by molar-refractivity contribution is 0.0378. The third kappa shape index (κ3) is 5.24. The van der Waals surface area contributed by atoms with Gasteiger partial charge in [0.25, 0.3) is 5.56 Å². The number of hydrogen-bond acceptors (Lipinski definition) is 6. The van der Waals surface area contributed by atoms with Crippen molar-refractivity contribution < 1.29 is 9.53 Å². The van der Waals surface area contributed by atoms with Crippen molar-refractivity contribution in [2.75, 3.05) is 0 Å². The number of carbonyl (C=O) groups is 1. The van der Waals surface area contributed by atoms with Crippen molar-refractivity contribution in [1.82, 2.24) is 9.55 Å². The van der Waals surface area contributed by atoms with Gasteiger partial charge in [0.2, 0.25) is 0 Å². The van der Waals surface area contributed by atoms with E-state index in [9.17, 15) is 9.59 Å². The number of para-hydroxylation sites is 1. The van der Waals surface area contributed by atoms with Crippen LogP contribution in [-0.2, 0) is 10.5 Å². The first-order valence-corrected chi connectivity index (χ1v) is 13.8. The van der Waals surface area contributed by atoms with Crippen LogP contribution in [0.1, 0.15) is 34.6 Å². The number of fused-ring (bicyclic) bond motifs is 1. The Kier molecular flexibility index (Phi) is 7.26. The smallest absolute Gasteiger partial charge is 0.338 e. The maximum atomic E-state index is 14.0. The van der Waals surface area contributed by atoms with Crippen LogP contribution in [-0.4, -0.2) is 21.6 Å². The minimum absolute atomic E-state index is 0.0753. The molecule has 0 amide bonds. The maximum Gasteiger partial charge on any atom is 0.338 e. The molecule has 0 bridgehead atoms. The van der Waals surface area contributed by atoms with Gasteiger partial charge < -0.3 is 4.74 Å². The Labute approximate surface area is 223 Å². The van der Waals surface area contributed by atoms with Crippen molar-refractivity contribution in [3.63, 3.8) is 0 Å². The second-order valence-electron chi connectivity index (χ2n) is 8.89. The second-order valence-corrected chi connectivity index (χ2v) is 11.0. The van der Waals surface area contributed by atoms with Crippen LogP contribution in [0.2, 0.25) is 0 Å². The van der Waals surface area contributed by atoms with E-state index in [0.29, 0.717) is 21.9 Å². The summed E-state index contributed by atoms with van der Waals surface area (Å²) in [5, 5.41) is 1.28. The molecule has 0 radical (unpaired) electrons. The van der Waals surface area contributed by atoms with Gasteiger partial charge in [0, 0.05) is 16.2 Å². The fourth-order valence-electron chi connectivity index (χ4n) is 4.16. The average Bonchev–Trinajstić information content (AvgIpc) is 3.24. The molecule has 5 rings (SSSR count). The van der Waals surface area contributed by atoms with Crippen LogP contribution < -0.4 is 5.56 Å². The van der Waals surface area contributed by atoms with E-state index < -0.39 is 0 Å². The van der Waals surface area contributed by atoms with Gasteiger partial charge in [-0.15, -0.1) is 11.3 Å². The summed E-state index contributed by atoms with van der Waals surface area (Å²) in [6.45, 7) is 5.70. The summed E-state index contributed by atoms with van der Waals surface area (Å²) in [4.78, 5) is 33.0. The maximum absolute atomic E-state index is 14.0. The summed E-state index contributed by atoms with van der Waals surface area (Å²) in [5.74, 6) is 0.265. The highest BCUT2D eigenvalue weighted by molar-refractivity contribution is 7.98. The molecule has 0 aliphatic carbocycles. The highest BCUT2D eigenvalue weighted by atomic mass is 32.2. The Morgan fingerprint density at radius 3 is 2.27 bits per heavy atom. The van der Waals surface area contributed by atoms with Crippen LogP contribution in [0.5, 0.6) is 0 Å². The Morgan fingerprint density at radius 1 is 0.973 bits per heavy atom. The number of hydrogen-bond donors (Lipinski definition) is 0. The fraction of sp³-hybridized carbons (Fsp3) is 0.167. The number of rotatable bonds is 7. The molecule has 7 heteroatoms. The summed E-state index contributed by atoms with van der Waals surface area (Å²) in [6, 6.07) is 27.0. The third-order valence-electron chi connectivity index (χ3n) is 5.85. The molecule has 0 atom stereocenters. The number of ether oxygens (including phenoxy) is 1. The summed E-state index contributed by atoms with van der Waals surface area (Å²) in [5.41, 5.74) is 4.20. The number of thiophene rings is 1. The highest BCUT2D eigenvalue weighted by Gasteiger charge is 2.21. The largest absolute Gasteiger partial charge is 0.459 e. The van der Waals surface area contributed by atoms with Gasteiger partial charge >= 0.3 is 5.97 Å². The average molecular weight is 527 g/mol. The van der Waals surface area contributed by atoms with Crippen molar-refractivity contribution in [2.24, 2.45) is 0 Å². The summed E-state index contributed by atoms with van der Waals surface area (Å²) < 4.78 is 6.99.